The molecule has 1 unspecified atom stereocenters. The van der Waals surface area contributed by atoms with Gasteiger partial charge in [-0.05, 0) is 32.4 Å². The van der Waals surface area contributed by atoms with E-state index in [9.17, 15) is 9.59 Å². The van der Waals surface area contributed by atoms with Crippen LogP contribution in [0.25, 0.3) is 10.9 Å². The van der Waals surface area contributed by atoms with Crippen LogP contribution >= 0.6 is 0 Å². The molecule has 5 heteroatoms. The maximum Gasteiger partial charge on any atom is 0.316 e. The number of nitrogens with one attached hydrogen (secondary N) is 1. The number of para-hydroxylation sites is 1. The SMILES string of the molecule is CC(C)(C)OC(=O)C(c1c[nH]c2ccccc12)[C@H](N)C=O. The summed E-state index contributed by atoms with van der Waals surface area (Å²) in [5.41, 5.74) is 6.77. The zero-order valence-electron chi connectivity index (χ0n) is 12.4. The Morgan fingerprint density at radius 1 is 1.33 bits per heavy atom. The van der Waals surface area contributed by atoms with E-state index in [1.54, 1.807) is 27.0 Å². The molecule has 0 fully saturated rings. The molecule has 112 valence electrons. The molecule has 0 saturated carbocycles. The quantitative estimate of drug-likeness (QED) is 0.666. The molecule has 0 radical (unpaired) electrons. The van der Waals surface area contributed by atoms with Crippen LogP contribution in [0.5, 0.6) is 0 Å². The highest BCUT2D eigenvalue weighted by molar-refractivity contribution is 5.92. The summed E-state index contributed by atoms with van der Waals surface area (Å²) in [7, 11) is 0. The molecule has 2 aromatic rings. The van der Waals surface area contributed by atoms with Gasteiger partial charge >= 0.3 is 5.97 Å². The fourth-order valence-corrected chi connectivity index (χ4v) is 2.29. The number of benzene rings is 1. The van der Waals surface area contributed by atoms with Crippen LogP contribution in [0, 0.1) is 0 Å². The second-order valence-corrected chi connectivity index (χ2v) is 6.01. The maximum atomic E-state index is 12.4. The van der Waals surface area contributed by atoms with Gasteiger partial charge in [0.25, 0.3) is 0 Å². The van der Waals surface area contributed by atoms with Gasteiger partial charge in [-0.1, -0.05) is 18.2 Å². The molecular formula is C16H20N2O3. The number of hydrogen-bond acceptors (Lipinski definition) is 4. The molecule has 21 heavy (non-hydrogen) atoms. The van der Waals surface area contributed by atoms with Crippen molar-refractivity contribution < 1.29 is 14.3 Å². The summed E-state index contributed by atoms with van der Waals surface area (Å²) < 4.78 is 5.40. The number of aromatic nitrogens is 1. The van der Waals surface area contributed by atoms with Crippen LogP contribution in [0.3, 0.4) is 0 Å². The predicted molar refractivity (Wildman–Crippen MR) is 80.9 cm³/mol. The largest absolute Gasteiger partial charge is 0.459 e. The number of aromatic amines is 1. The van der Waals surface area contributed by atoms with Gasteiger partial charge in [-0.3, -0.25) is 4.79 Å². The van der Waals surface area contributed by atoms with Gasteiger partial charge in [0.2, 0.25) is 0 Å². The molecule has 0 aliphatic carbocycles. The molecule has 1 heterocycles. The maximum absolute atomic E-state index is 12.4. The lowest BCUT2D eigenvalue weighted by Gasteiger charge is -2.25. The number of carbonyl (C=O) groups excluding carboxylic acids is 2. The molecule has 0 amide bonds. The summed E-state index contributed by atoms with van der Waals surface area (Å²) in [5.74, 6) is -1.32. The minimum atomic E-state index is -0.945. The highest BCUT2D eigenvalue weighted by atomic mass is 16.6. The minimum Gasteiger partial charge on any atom is -0.459 e. The fraction of sp³-hybridized carbons (Fsp3) is 0.375. The molecular weight excluding hydrogens is 268 g/mol. The number of esters is 1. The number of ether oxygens (including phenoxy) is 1. The lowest BCUT2D eigenvalue weighted by Crippen LogP contribution is -2.38. The minimum absolute atomic E-state index is 0.494. The Bertz CT molecular complexity index is 655. The first-order valence-corrected chi connectivity index (χ1v) is 6.83. The Morgan fingerprint density at radius 2 is 2.00 bits per heavy atom. The number of fused-ring (bicyclic) bond motifs is 1. The highest BCUT2D eigenvalue weighted by Crippen LogP contribution is 2.29. The van der Waals surface area contributed by atoms with Crippen molar-refractivity contribution in [2.45, 2.75) is 38.3 Å². The van der Waals surface area contributed by atoms with E-state index in [2.05, 4.69) is 4.98 Å². The van der Waals surface area contributed by atoms with Gasteiger partial charge in [-0.2, -0.15) is 0 Å². The summed E-state index contributed by atoms with van der Waals surface area (Å²) in [5, 5.41) is 0.866. The molecule has 1 aromatic heterocycles. The third-order valence-electron chi connectivity index (χ3n) is 3.16. The number of aldehydes is 1. The van der Waals surface area contributed by atoms with Crippen molar-refractivity contribution in [2.24, 2.45) is 5.73 Å². The van der Waals surface area contributed by atoms with Crippen molar-refractivity contribution in [3.05, 3.63) is 36.0 Å². The molecule has 0 saturated heterocycles. The molecule has 1 aromatic carbocycles. The van der Waals surface area contributed by atoms with E-state index in [-0.39, 0.29) is 0 Å². The van der Waals surface area contributed by atoms with Gasteiger partial charge in [-0.15, -0.1) is 0 Å². The Labute approximate surface area is 123 Å². The van der Waals surface area contributed by atoms with Crippen molar-refractivity contribution >= 4 is 23.2 Å². The summed E-state index contributed by atoms with van der Waals surface area (Å²) in [6.07, 6.45) is 2.29. The molecule has 5 nitrogen and oxygen atoms in total. The van der Waals surface area contributed by atoms with Crippen LogP contribution < -0.4 is 5.73 Å². The van der Waals surface area contributed by atoms with E-state index in [0.29, 0.717) is 11.8 Å². The van der Waals surface area contributed by atoms with Gasteiger partial charge in [-0.25, -0.2) is 0 Å². The van der Waals surface area contributed by atoms with Crippen LogP contribution in [0.1, 0.15) is 32.3 Å². The first-order valence-electron chi connectivity index (χ1n) is 6.83. The molecule has 3 N–H and O–H groups in total. The van der Waals surface area contributed by atoms with E-state index >= 15 is 0 Å². The summed E-state index contributed by atoms with van der Waals surface area (Å²) in [6, 6.07) is 6.61. The molecule has 2 atom stereocenters. The van der Waals surface area contributed by atoms with Crippen molar-refractivity contribution in [1.82, 2.24) is 4.98 Å². The zero-order chi connectivity index (χ0) is 15.6. The van der Waals surface area contributed by atoms with Crippen LogP contribution in [0.2, 0.25) is 0 Å². The van der Waals surface area contributed by atoms with E-state index in [1.807, 2.05) is 24.3 Å². The number of H-pyrrole nitrogens is 1. The monoisotopic (exact) mass is 288 g/mol. The Morgan fingerprint density at radius 3 is 2.62 bits per heavy atom. The lowest BCUT2D eigenvalue weighted by atomic mass is 9.92. The summed E-state index contributed by atoms with van der Waals surface area (Å²) >= 11 is 0. The van der Waals surface area contributed by atoms with Gasteiger partial charge in [0.1, 0.15) is 17.8 Å². The smallest absolute Gasteiger partial charge is 0.316 e. The average molecular weight is 288 g/mol. The number of rotatable bonds is 4. The van der Waals surface area contributed by atoms with E-state index in [1.165, 1.54) is 0 Å². The summed E-state index contributed by atoms with van der Waals surface area (Å²) in [6.45, 7) is 5.34. The van der Waals surface area contributed by atoms with Crippen molar-refractivity contribution in [3.63, 3.8) is 0 Å². The van der Waals surface area contributed by atoms with Crippen molar-refractivity contribution in [1.29, 1.82) is 0 Å². The van der Waals surface area contributed by atoms with Gasteiger partial charge in [0.05, 0.1) is 6.04 Å². The average Bonchev–Trinajstić information content (AvgIpc) is 2.81. The second kappa shape index (κ2) is 5.69. The van der Waals surface area contributed by atoms with E-state index < -0.39 is 23.5 Å². The van der Waals surface area contributed by atoms with E-state index in [4.69, 9.17) is 10.5 Å². The van der Waals surface area contributed by atoms with Crippen molar-refractivity contribution in [3.8, 4) is 0 Å². The Hall–Kier alpha value is -2.14. The fourth-order valence-electron chi connectivity index (χ4n) is 2.29. The topological polar surface area (TPSA) is 85.2 Å². The third-order valence-corrected chi connectivity index (χ3v) is 3.16. The predicted octanol–water partition coefficient (Wildman–Crippen LogP) is 2.12. The van der Waals surface area contributed by atoms with Crippen LogP contribution in [0.15, 0.2) is 30.5 Å². The normalized spacial score (nSPS) is 14.7. The van der Waals surface area contributed by atoms with E-state index in [0.717, 1.165) is 10.9 Å². The molecule has 0 spiro atoms. The first kappa shape index (κ1) is 15.3. The first-order chi connectivity index (χ1) is 9.83. The number of hydrogen-bond donors (Lipinski definition) is 2. The zero-order valence-corrected chi connectivity index (χ0v) is 12.4. The Balaban J connectivity index is 2.45. The number of carbonyl (C=O) groups is 2. The standard InChI is InChI=1S/C16H20N2O3/c1-16(2,3)21-15(20)14(12(17)9-19)11-8-18-13-7-5-4-6-10(11)13/h4-9,12,14,18H,17H2,1-3H3/t12-,14?/m1/s1. The molecule has 0 aliphatic rings. The van der Waals surface area contributed by atoms with Gasteiger partial charge < -0.3 is 20.2 Å². The van der Waals surface area contributed by atoms with Crippen LogP contribution in [-0.2, 0) is 14.3 Å². The van der Waals surface area contributed by atoms with Crippen LogP contribution in [-0.4, -0.2) is 28.9 Å². The van der Waals surface area contributed by atoms with Gasteiger partial charge in [0.15, 0.2) is 0 Å². The van der Waals surface area contributed by atoms with Crippen molar-refractivity contribution in [2.75, 3.05) is 0 Å². The highest BCUT2D eigenvalue weighted by Gasteiger charge is 2.33. The molecule has 2 rings (SSSR count). The second-order valence-electron chi connectivity index (χ2n) is 6.01. The molecule has 0 aliphatic heterocycles. The third kappa shape index (κ3) is 3.31. The summed E-state index contributed by atoms with van der Waals surface area (Å²) in [4.78, 5) is 26.6. The number of nitrogens with two attached hydrogens (primary N) is 1. The molecule has 0 bridgehead atoms. The lowest BCUT2D eigenvalue weighted by molar-refractivity contribution is -0.157. The van der Waals surface area contributed by atoms with Gasteiger partial charge in [0, 0.05) is 17.1 Å². The van der Waals surface area contributed by atoms with Crippen LogP contribution in [0.4, 0.5) is 0 Å². The Kier molecular flexibility index (Phi) is 4.14.